The summed E-state index contributed by atoms with van der Waals surface area (Å²) in [7, 11) is 0. The molecule has 0 unspecified atom stereocenters. The van der Waals surface area contributed by atoms with Gasteiger partial charge in [0.05, 0.1) is 6.54 Å². The van der Waals surface area contributed by atoms with Crippen LogP contribution < -0.4 is 0 Å². The highest BCUT2D eigenvalue weighted by Crippen LogP contribution is 2.27. The van der Waals surface area contributed by atoms with Gasteiger partial charge < -0.3 is 9.64 Å². The van der Waals surface area contributed by atoms with Gasteiger partial charge in [-0.25, -0.2) is 0 Å². The Labute approximate surface area is 152 Å². The molecule has 0 aliphatic heterocycles. The zero-order valence-corrected chi connectivity index (χ0v) is 16.5. The highest BCUT2D eigenvalue weighted by Gasteiger charge is 2.18. The van der Waals surface area contributed by atoms with E-state index >= 15 is 0 Å². The van der Waals surface area contributed by atoms with Crippen LogP contribution in [0.4, 0.5) is 0 Å². The average Bonchev–Trinajstić information content (AvgIpc) is 2.53. The van der Waals surface area contributed by atoms with Crippen molar-refractivity contribution in [2.24, 2.45) is 5.92 Å². The summed E-state index contributed by atoms with van der Waals surface area (Å²) in [6.07, 6.45) is 2.57. The fourth-order valence-corrected chi connectivity index (χ4v) is 2.97. The molecule has 1 amide bonds. The smallest absolute Gasteiger partial charge is 0.302 e. The molecule has 0 N–H and O–H groups in total. The largest absolute Gasteiger partial charge is 0.461 e. The predicted molar refractivity (Wildman–Crippen MR) is 101 cm³/mol. The normalized spacial score (nSPS) is 13.8. The molecule has 0 radical (unpaired) electrons. The van der Waals surface area contributed by atoms with Crippen molar-refractivity contribution in [1.29, 1.82) is 0 Å². The van der Waals surface area contributed by atoms with Crippen molar-refractivity contribution < 1.29 is 14.3 Å². The average molecular weight is 347 g/mol. The SMILES string of the molecule is CCC(C)(C)c1ccc(C[C@@H](C)CN(C=O)C[C@@H](C)OC(C)=O)cc1. The van der Waals surface area contributed by atoms with Crippen LogP contribution in [0.3, 0.4) is 0 Å². The summed E-state index contributed by atoms with van der Waals surface area (Å²) < 4.78 is 5.10. The summed E-state index contributed by atoms with van der Waals surface area (Å²) in [5.41, 5.74) is 2.84. The molecule has 0 aromatic heterocycles. The van der Waals surface area contributed by atoms with Gasteiger partial charge in [0.1, 0.15) is 6.10 Å². The summed E-state index contributed by atoms with van der Waals surface area (Å²) in [6, 6.07) is 8.81. The molecule has 4 nitrogen and oxygen atoms in total. The quantitative estimate of drug-likeness (QED) is 0.475. The summed E-state index contributed by atoms with van der Waals surface area (Å²) in [4.78, 5) is 24.0. The maximum Gasteiger partial charge on any atom is 0.302 e. The maximum absolute atomic E-state index is 11.3. The van der Waals surface area contributed by atoms with E-state index in [1.807, 2.05) is 0 Å². The van der Waals surface area contributed by atoms with Crippen LogP contribution in [0.5, 0.6) is 0 Å². The molecule has 0 fully saturated rings. The number of hydrogen-bond donors (Lipinski definition) is 0. The van der Waals surface area contributed by atoms with Gasteiger partial charge in [0, 0.05) is 13.5 Å². The van der Waals surface area contributed by atoms with Crippen molar-refractivity contribution in [1.82, 2.24) is 4.90 Å². The van der Waals surface area contributed by atoms with E-state index in [0.717, 1.165) is 19.3 Å². The first kappa shape index (κ1) is 21.2. The molecule has 0 bridgehead atoms. The molecule has 1 aromatic rings. The summed E-state index contributed by atoms with van der Waals surface area (Å²) in [5.74, 6) is 0.0151. The lowest BCUT2D eigenvalue weighted by Gasteiger charge is -2.25. The molecule has 0 saturated carbocycles. The Kier molecular flexibility index (Phi) is 8.14. The first-order chi connectivity index (χ1) is 11.7. The van der Waals surface area contributed by atoms with E-state index in [0.29, 0.717) is 19.0 Å². The minimum Gasteiger partial charge on any atom is -0.461 e. The number of amides is 1. The molecular weight excluding hydrogens is 314 g/mol. The van der Waals surface area contributed by atoms with Gasteiger partial charge in [0.2, 0.25) is 6.41 Å². The molecule has 0 aliphatic carbocycles. The van der Waals surface area contributed by atoms with Crippen LogP contribution in [-0.4, -0.2) is 36.5 Å². The Balaban J connectivity index is 2.58. The zero-order chi connectivity index (χ0) is 19.0. The number of ether oxygens (including phenoxy) is 1. The van der Waals surface area contributed by atoms with Gasteiger partial charge in [0.25, 0.3) is 0 Å². The minimum atomic E-state index is -0.318. The number of esters is 1. The van der Waals surface area contributed by atoms with Gasteiger partial charge in [-0.2, -0.15) is 0 Å². The van der Waals surface area contributed by atoms with Crippen molar-refractivity contribution in [3.63, 3.8) is 0 Å². The number of nitrogens with zero attached hydrogens (tertiary/aromatic N) is 1. The van der Waals surface area contributed by atoms with Crippen LogP contribution in [0.1, 0.15) is 59.1 Å². The molecular formula is C21H33NO3. The molecule has 0 spiro atoms. The Morgan fingerprint density at radius 2 is 1.80 bits per heavy atom. The molecule has 0 heterocycles. The fourth-order valence-electron chi connectivity index (χ4n) is 2.97. The van der Waals surface area contributed by atoms with Crippen LogP contribution in [0.25, 0.3) is 0 Å². The van der Waals surface area contributed by atoms with Crippen molar-refractivity contribution >= 4 is 12.4 Å². The Morgan fingerprint density at radius 1 is 1.20 bits per heavy atom. The van der Waals surface area contributed by atoms with E-state index in [-0.39, 0.29) is 17.5 Å². The third-order valence-corrected chi connectivity index (χ3v) is 4.76. The first-order valence-corrected chi connectivity index (χ1v) is 9.14. The maximum atomic E-state index is 11.3. The summed E-state index contributed by atoms with van der Waals surface area (Å²) in [6.45, 7) is 13.1. The van der Waals surface area contributed by atoms with Gasteiger partial charge in [-0.3, -0.25) is 9.59 Å². The monoisotopic (exact) mass is 347 g/mol. The Hall–Kier alpha value is -1.84. The lowest BCUT2D eigenvalue weighted by atomic mass is 9.82. The van der Waals surface area contributed by atoms with Crippen LogP contribution >= 0.6 is 0 Å². The second-order valence-electron chi connectivity index (χ2n) is 7.72. The summed E-state index contributed by atoms with van der Waals surface area (Å²) in [5, 5.41) is 0. The van der Waals surface area contributed by atoms with Crippen molar-refractivity contribution in [2.45, 2.75) is 65.9 Å². The third-order valence-electron chi connectivity index (χ3n) is 4.76. The van der Waals surface area contributed by atoms with Crippen molar-refractivity contribution in [3.8, 4) is 0 Å². The van der Waals surface area contributed by atoms with E-state index < -0.39 is 0 Å². The first-order valence-electron chi connectivity index (χ1n) is 9.14. The van der Waals surface area contributed by atoms with Crippen LogP contribution in [0.15, 0.2) is 24.3 Å². The number of hydrogen-bond acceptors (Lipinski definition) is 3. The Bertz CT molecular complexity index is 551. The van der Waals surface area contributed by atoms with Crippen LogP contribution in [0, 0.1) is 5.92 Å². The standard InChI is InChI=1S/C21H33NO3/c1-7-21(5,6)20-10-8-19(9-11-20)12-16(2)13-22(15-23)14-17(3)25-18(4)24/h8-11,15-17H,7,12-14H2,1-6H3/t16-,17-/m1/s1. The molecule has 1 aromatic carbocycles. The van der Waals surface area contributed by atoms with Gasteiger partial charge >= 0.3 is 5.97 Å². The van der Waals surface area contributed by atoms with Gasteiger partial charge in [-0.1, -0.05) is 52.0 Å². The molecule has 25 heavy (non-hydrogen) atoms. The van der Waals surface area contributed by atoms with E-state index in [1.54, 1.807) is 11.8 Å². The van der Waals surface area contributed by atoms with Gasteiger partial charge in [-0.05, 0) is 42.2 Å². The van der Waals surface area contributed by atoms with E-state index in [2.05, 4.69) is 52.0 Å². The highest BCUT2D eigenvalue weighted by molar-refractivity contribution is 5.66. The second-order valence-corrected chi connectivity index (χ2v) is 7.72. The second kappa shape index (κ2) is 9.59. The molecule has 1 rings (SSSR count). The number of benzene rings is 1. The molecule has 0 aliphatic rings. The molecule has 140 valence electrons. The highest BCUT2D eigenvalue weighted by atomic mass is 16.5. The van der Waals surface area contributed by atoms with Gasteiger partial charge in [-0.15, -0.1) is 0 Å². The predicted octanol–water partition coefficient (Wildman–Crippen LogP) is 3.96. The lowest BCUT2D eigenvalue weighted by Crippen LogP contribution is -2.35. The zero-order valence-electron chi connectivity index (χ0n) is 16.5. The number of carbonyl (C=O) groups is 2. The fraction of sp³-hybridized carbons (Fsp3) is 0.619. The van der Waals surface area contributed by atoms with Crippen molar-refractivity contribution in [3.05, 3.63) is 35.4 Å². The third kappa shape index (κ3) is 7.29. The van der Waals surface area contributed by atoms with Crippen LogP contribution in [0.2, 0.25) is 0 Å². The van der Waals surface area contributed by atoms with E-state index in [9.17, 15) is 9.59 Å². The lowest BCUT2D eigenvalue weighted by molar-refractivity contribution is -0.147. The topological polar surface area (TPSA) is 46.6 Å². The number of carbonyl (C=O) groups excluding carboxylic acids is 2. The Morgan fingerprint density at radius 3 is 2.28 bits per heavy atom. The van der Waals surface area contributed by atoms with Gasteiger partial charge in [0.15, 0.2) is 0 Å². The van der Waals surface area contributed by atoms with Crippen LogP contribution in [-0.2, 0) is 26.2 Å². The molecule has 4 heteroatoms. The minimum absolute atomic E-state index is 0.200. The molecule has 0 saturated heterocycles. The molecule has 2 atom stereocenters. The number of rotatable bonds is 10. The van der Waals surface area contributed by atoms with Crippen molar-refractivity contribution in [2.75, 3.05) is 13.1 Å². The van der Waals surface area contributed by atoms with E-state index in [4.69, 9.17) is 4.74 Å². The summed E-state index contributed by atoms with van der Waals surface area (Å²) >= 11 is 0. The van der Waals surface area contributed by atoms with E-state index in [1.165, 1.54) is 18.1 Å².